The Kier molecular flexibility index (Phi) is 4.47. The van der Waals surface area contributed by atoms with Gasteiger partial charge in [-0.15, -0.1) is 0 Å². The minimum atomic E-state index is -0.00742. The summed E-state index contributed by atoms with van der Waals surface area (Å²) < 4.78 is 1.77. The highest BCUT2D eigenvalue weighted by Gasteiger charge is 2.23. The molecule has 0 radical (unpaired) electrons. The number of hydrogen-bond donors (Lipinski definition) is 1. The summed E-state index contributed by atoms with van der Waals surface area (Å²) >= 11 is 6.02. The van der Waals surface area contributed by atoms with Gasteiger partial charge in [0.1, 0.15) is 5.82 Å². The number of nitrogens with zero attached hydrogens (tertiary/aromatic N) is 3. The predicted molar refractivity (Wildman–Crippen MR) is 89.5 cm³/mol. The number of benzene rings is 1. The van der Waals surface area contributed by atoms with Gasteiger partial charge in [-0.25, -0.2) is 4.98 Å². The van der Waals surface area contributed by atoms with Crippen LogP contribution in [0.1, 0.15) is 25.7 Å². The van der Waals surface area contributed by atoms with Crippen molar-refractivity contribution in [3.63, 3.8) is 0 Å². The lowest BCUT2D eigenvalue weighted by atomic mass is 10.2. The van der Waals surface area contributed by atoms with Gasteiger partial charge in [0.05, 0.1) is 16.9 Å². The van der Waals surface area contributed by atoms with Crippen molar-refractivity contribution in [2.75, 3.05) is 26.2 Å². The van der Waals surface area contributed by atoms with Crippen LogP contribution in [-0.4, -0.2) is 40.6 Å². The van der Waals surface area contributed by atoms with Crippen molar-refractivity contribution < 1.29 is 0 Å². The van der Waals surface area contributed by atoms with E-state index in [-0.39, 0.29) is 11.6 Å². The second kappa shape index (κ2) is 6.36. The van der Waals surface area contributed by atoms with Crippen molar-refractivity contribution in [3.8, 4) is 0 Å². The molecule has 2 aromatic rings. The van der Waals surface area contributed by atoms with Gasteiger partial charge in [-0.2, -0.15) is 0 Å². The minimum Gasteiger partial charge on any atom is -0.314 e. The van der Waals surface area contributed by atoms with E-state index in [1.165, 1.54) is 0 Å². The van der Waals surface area contributed by atoms with Gasteiger partial charge in [-0.05, 0) is 32.0 Å². The van der Waals surface area contributed by atoms with Crippen LogP contribution >= 0.6 is 11.6 Å². The molecule has 5 nitrogen and oxygen atoms in total. The van der Waals surface area contributed by atoms with Gasteiger partial charge in [0.2, 0.25) is 0 Å². The van der Waals surface area contributed by atoms with Gasteiger partial charge in [-0.1, -0.05) is 11.6 Å². The molecule has 1 N–H and O–H groups in total. The molecule has 2 heterocycles. The van der Waals surface area contributed by atoms with Crippen LogP contribution in [-0.2, 0) is 6.54 Å². The zero-order valence-electron chi connectivity index (χ0n) is 13.0. The molecule has 0 saturated carbocycles. The first kappa shape index (κ1) is 15.5. The quantitative estimate of drug-likeness (QED) is 0.940. The first-order valence-electron chi connectivity index (χ1n) is 7.76. The maximum atomic E-state index is 12.8. The molecule has 1 aromatic heterocycles. The van der Waals surface area contributed by atoms with E-state index in [2.05, 4.69) is 17.1 Å². The molecule has 22 heavy (non-hydrogen) atoms. The summed E-state index contributed by atoms with van der Waals surface area (Å²) in [6.07, 6.45) is 0. The Morgan fingerprint density at radius 1 is 1.36 bits per heavy atom. The third-order valence-electron chi connectivity index (χ3n) is 4.33. The molecule has 1 aliphatic heterocycles. The lowest BCUT2D eigenvalue weighted by Crippen LogP contribution is -2.45. The average molecular weight is 321 g/mol. The standard InChI is InChI=1S/C16H21ClN4O/c1-3-21-15(11(2)20-8-6-18-7-9-20)19-14-5-4-12(17)10-13(14)16(21)22/h4-5,10-11,18H,3,6-9H2,1-2H3. The fourth-order valence-electron chi connectivity index (χ4n) is 3.07. The maximum Gasteiger partial charge on any atom is 0.261 e. The molecule has 118 valence electrons. The lowest BCUT2D eigenvalue weighted by Gasteiger charge is -2.33. The monoisotopic (exact) mass is 320 g/mol. The summed E-state index contributed by atoms with van der Waals surface area (Å²) in [7, 11) is 0. The number of aromatic nitrogens is 2. The van der Waals surface area contributed by atoms with E-state index < -0.39 is 0 Å². The number of nitrogens with one attached hydrogen (secondary N) is 1. The molecule has 6 heteroatoms. The fraction of sp³-hybridized carbons (Fsp3) is 0.500. The van der Waals surface area contributed by atoms with Crippen molar-refractivity contribution in [3.05, 3.63) is 39.4 Å². The Morgan fingerprint density at radius 2 is 2.09 bits per heavy atom. The lowest BCUT2D eigenvalue weighted by molar-refractivity contribution is 0.175. The molecule has 0 aliphatic carbocycles. The van der Waals surface area contributed by atoms with Gasteiger partial charge in [0.25, 0.3) is 5.56 Å². The van der Waals surface area contributed by atoms with Gasteiger partial charge >= 0.3 is 0 Å². The van der Waals surface area contributed by atoms with Crippen LogP contribution < -0.4 is 10.9 Å². The maximum absolute atomic E-state index is 12.8. The summed E-state index contributed by atoms with van der Waals surface area (Å²) in [5.74, 6) is 0.837. The van der Waals surface area contributed by atoms with Crippen LogP contribution in [0.25, 0.3) is 10.9 Å². The molecule has 0 bridgehead atoms. The summed E-state index contributed by atoms with van der Waals surface area (Å²) in [6, 6.07) is 5.44. The molecule has 0 spiro atoms. The third kappa shape index (κ3) is 2.76. The molecule has 1 unspecified atom stereocenters. The molecule has 1 aromatic carbocycles. The molecule has 0 amide bonds. The molecular weight excluding hydrogens is 300 g/mol. The predicted octanol–water partition coefficient (Wildman–Crippen LogP) is 2.04. The van der Waals surface area contributed by atoms with E-state index >= 15 is 0 Å². The van der Waals surface area contributed by atoms with Crippen LogP contribution in [0.2, 0.25) is 5.02 Å². The van der Waals surface area contributed by atoms with Crippen molar-refractivity contribution in [1.82, 2.24) is 19.8 Å². The Balaban J connectivity index is 2.12. The SMILES string of the molecule is CCn1c(C(C)N2CCNCC2)nc2ccc(Cl)cc2c1=O. The van der Waals surface area contributed by atoms with E-state index in [9.17, 15) is 4.79 Å². The molecule has 1 saturated heterocycles. The zero-order chi connectivity index (χ0) is 15.7. The fourth-order valence-corrected chi connectivity index (χ4v) is 3.24. The van der Waals surface area contributed by atoms with Gasteiger partial charge < -0.3 is 5.32 Å². The van der Waals surface area contributed by atoms with Crippen LogP contribution in [0.5, 0.6) is 0 Å². The first-order chi connectivity index (χ1) is 10.6. The Hall–Kier alpha value is -1.43. The van der Waals surface area contributed by atoms with E-state index in [4.69, 9.17) is 16.6 Å². The van der Waals surface area contributed by atoms with Crippen LogP contribution in [0.4, 0.5) is 0 Å². The minimum absolute atomic E-state index is 0.00742. The van der Waals surface area contributed by atoms with Gasteiger partial charge in [0, 0.05) is 37.7 Å². The van der Waals surface area contributed by atoms with Crippen LogP contribution in [0, 0.1) is 0 Å². The average Bonchev–Trinajstić information content (AvgIpc) is 2.55. The van der Waals surface area contributed by atoms with Gasteiger partial charge in [-0.3, -0.25) is 14.3 Å². The Labute approximate surface area is 134 Å². The van der Waals surface area contributed by atoms with Crippen LogP contribution in [0.3, 0.4) is 0 Å². The zero-order valence-corrected chi connectivity index (χ0v) is 13.7. The van der Waals surface area contributed by atoms with Crippen molar-refractivity contribution >= 4 is 22.5 Å². The first-order valence-corrected chi connectivity index (χ1v) is 8.14. The second-order valence-corrected chi connectivity index (χ2v) is 6.08. The second-order valence-electron chi connectivity index (χ2n) is 5.64. The summed E-state index contributed by atoms with van der Waals surface area (Å²) in [5, 5.41) is 4.51. The Morgan fingerprint density at radius 3 is 2.77 bits per heavy atom. The van der Waals surface area contributed by atoms with Crippen molar-refractivity contribution in [2.45, 2.75) is 26.4 Å². The number of rotatable bonds is 3. The molecule has 1 atom stereocenters. The van der Waals surface area contributed by atoms with Crippen molar-refractivity contribution in [1.29, 1.82) is 0 Å². The smallest absolute Gasteiger partial charge is 0.261 e. The normalized spacial score (nSPS) is 17.8. The van der Waals surface area contributed by atoms with Gasteiger partial charge in [0.15, 0.2) is 0 Å². The summed E-state index contributed by atoms with van der Waals surface area (Å²) in [4.78, 5) is 19.9. The Bertz CT molecular complexity index is 737. The molecular formula is C16H21ClN4O. The molecule has 1 fully saturated rings. The highest BCUT2D eigenvalue weighted by Crippen LogP contribution is 2.21. The largest absolute Gasteiger partial charge is 0.314 e. The van der Waals surface area contributed by atoms with E-state index in [0.29, 0.717) is 17.0 Å². The number of hydrogen-bond acceptors (Lipinski definition) is 4. The number of piperazine rings is 1. The molecule has 3 rings (SSSR count). The highest BCUT2D eigenvalue weighted by atomic mass is 35.5. The van der Waals surface area contributed by atoms with E-state index in [0.717, 1.165) is 37.5 Å². The third-order valence-corrected chi connectivity index (χ3v) is 4.57. The van der Waals surface area contributed by atoms with Crippen molar-refractivity contribution in [2.24, 2.45) is 0 Å². The van der Waals surface area contributed by atoms with Crippen LogP contribution in [0.15, 0.2) is 23.0 Å². The van der Waals surface area contributed by atoms with E-state index in [1.54, 1.807) is 16.7 Å². The highest BCUT2D eigenvalue weighted by molar-refractivity contribution is 6.31. The number of halogens is 1. The summed E-state index contributed by atoms with van der Waals surface area (Å²) in [6.45, 7) is 8.61. The summed E-state index contributed by atoms with van der Waals surface area (Å²) in [5.41, 5.74) is 0.711. The van der Waals surface area contributed by atoms with E-state index in [1.807, 2.05) is 13.0 Å². The molecule has 1 aliphatic rings. The topological polar surface area (TPSA) is 50.2 Å². The number of fused-ring (bicyclic) bond motifs is 1.